The van der Waals surface area contributed by atoms with Gasteiger partial charge in [-0.25, -0.2) is 9.97 Å². The van der Waals surface area contributed by atoms with Gasteiger partial charge in [-0.1, -0.05) is 6.92 Å². The van der Waals surface area contributed by atoms with Crippen molar-refractivity contribution in [2.75, 3.05) is 37.4 Å². The Hall–Kier alpha value is -1.56. The third kappa shape index (κ3) is 4.90. The molecular weight excluding hydrogens is 244 g/mol. The van der Waals surface area contributed by atoms with Crippen molar-refractivity contribution in [1.29, 1.82) is 0 Å². The molecule has 0 aliphatic rings. The molecule has 0 bridgehead atoms. The maximum Gasteiger partial charge on any atom is 0.204 e. The summed E-state index contributed by atoms with van der Waals surface area (Å²) in [7, 11) is 1.61. The van der Waals surface area contributed by atoms with E-state index in [0.29, 0.717) is 23.3 Å². The van der Waals surface area contributed by atoms with Crippen molar-refractivity contribution in [2.24, 2.45) is 5.92 Å². The summed E-state index contributed by atoms with van der Waals surface area (Å²) in [5.74, 6) is 2.38. The lowest BCUT2D eigenvalue weighted by Crippen LogP contribution is -2.10. The lowest BCUT2D eigenvalue weighted by molar-refractivity contribution is 0.229. The van der Waals surface area contributed by atoms with Crippen LogP contribution in [0.4, 0.5) is 11.6 Å². The Morgan fingerprint density at radius 3 is 2.58 bits per heavy atom. The van der Waals surface area contributed by atoms with Crippen molar-refractivity contribution in [3.05, 3.63) is 6.33 Å². The van der Waals surface area contributed by atoms with Gasteiger partial charge in [0.2, 0.25) is 5.75 Å². The number of hydrogen-bond donors (Lipinski definition) is 3. The molecule has 6 heteroatoms. The zero-order valence-electron chi connectivity index (χ0n) is 11.9. The summed E-state index contributed by atoms with van der Waals surface area (Å²) in [5, 5.41) is 15.3. The molecular formula is C13H24N4O2. The largest absolute Gasteiger partial charge is 0.490 e. The van der Waals surface area contributed by atoms with Crippen LogP contribution >= 0.6 is 0 Å². The number of aliphatic hydroxyl groups excluding tert-OH is 1. The number of rotatable bonds is 9. The first-order chi connectivity index (χ1) is 9.22. The minimum atomic E-state index is 0.237. The second kappa shape index (κ2) is 8.53. The summed E-state index contributed by atoms with van der Waals surface area (Å²) in [4.78, 5) is 8.34. The Morgan fingerprint density at radius 2 is 2.00 bits per heavy atom. The molecule has 1 aromatic heterocycles. The Kier molecular flexibility index (Phi) is 6.95. The molecule has 1 unspecified atom stereocenters. The Morgan fingerprint density at radius 1 is 1.32 bits per heavy atom. The van der Waals surface area contributed by atoms with Crippen LogP contribution in [0.5, 0.6) is 5.75 Å². The first-order valence-electron chi connectivity index (χ1n) is 6.70. The molecule has 0 radical (unpaired) electrons. The summed E-state index contributed by atoms with van der Waals surface area (Å²) in [6.07, 6.45) is 3.47. The predicted molar refractivity (Wildman–Crippen MR) is 76.7 cm³/mol. The second-order valence-corrected chi connectivity index (χ2v) is 4.49. The van der Waals surface area contributed by atoms with E-state index in [1.54, 1.807) is 7.11 Å². The van der Waals surface area contributed by atoms with Gasteiger partial charge in [0, 0.05) is 19.7 Å². The predicted octanol–water partition coefficient (Wildman–Crippen LogP) is 1.74. The third-order valence-electron chi connectivity index (χ3n) is 2.83. The van der Waals surface area contributed by atoms with Crippen LogP contribution in [0.3, 0.4) is 0 Å². The van der Waals surface area contributed by atoms with Gasteiger partial charge in [0.1, 0.15) is 6.33 Å². The average Bonchev–Trinajstić information content (AvgIpc) is 2.43. The molecule has 0 saturated carbocycles. The van der Waals surface area contributed by atoms with E-state index < -0.39 is 0 Å². The standard InChI is InChI=1S/C13H24N4O2/c1-4-14-12-11(19-3)13(17-9-16-12)15-7-5-6-10(2)8-18/h9-10,18H,4-8H2,1-3H3,(H2,14,15,16,17). The normalized spacial score (nSPS) is 12.0. The molecule has 0 aliphatic heterocycles. The molecule has 0 aliphatic carbocycles. The smallest absolute Gasteiger partial charge is 0.204 e. The SMILES string of the molecule is CCNc1ncnc(NCCCC(C)CO)c1OC. The topological polar surface area (TPSA) is 79.3 Å². The minimum absolute atomic E-state index is 0.237. The lowest BCUT2D eigenvalue weighted by Gasteiger charge is -2.14. The van der Waals surface area contributed by atoms with Gasteiger partial charge >= 0.3 is 0 Å². The van der Waals surface area contributed by atoms with E-state index in [-0.39, 0.29) is 6.61 Å². The molecule has 0 saturated heterocycles. The van der Waals surface area contributed by atoms with Crippen molar-refractivity contribution >= 4 is 11.6 Å². The maximum atomic E-state index is 8.96. The number of nitrogens with one attached hydrogen (secondary N) is 2. The van der Waals surface area contributed by atoms with Gasteiger partial charge < -0.3 is 20.5 Å². The maximum absolute atomic E-state index is 8.96. The quantitative estimate of drug-likeness (QED) is 0.592. The van der Waals surface area contributed by atoms with Crippen LogP contribution in [0.2, 0.25) is 0 Å². The van der Waals surface area contributed by atoms with Crippen molar-refractivity contribution in [3.8, 4) is 5.75 Å². The molecule has 19 heavy (non-hydrogen) atoms. The number of aliphatic hydroxyl groups is 1. The molecule has 1 heterocycles. The van der Waals surface area contributed by atoms with E-state index in [9.17, 15) is 0 Å². The molecule has 3 N–H and O–H groups in total. The molecule has 0 amide bonds. The summed E-state index contributed by atoms with van der Waals surface area (Å²) in [5.41, 5.74) is 0. The summed E-state index contributed by atoms with van der Waals surface area (Å²) in [6, 6.07) is 0. The van der Waals surface area contributed by atoms with E-state index in [2.05, 4.69) is 20.6 Å². The molecule has 0 fully saturated rings. The first kappa shape index (κ1) is 15.5. The number of aromatic nitrogens is 2. The van der Waals surface area contributed by atoms with Gasteiger partial charge in [-0.3, -0.25) is 0 Å². The summed E-state index contributed by atoms with van der Waals surface area (Å²) < 4.78 is 5.34. The zero-order valence-corrected chi connectivity index (χ0v) is 11.9. The number of ether oxygens (including phenoxy) is 1. The third-order valence-corrected chi connectivity index (χ3v) is 2.83. The summed E-state index contributed by atoms with van der Waals surface area (Å²) >= 11 is 0. The average molecular weight is 268 g/mol. The molecule has 1 atom stereocenters. The fourth-order valence-corrected chi connectivity index (χ4v) is 1.73. The highest BCUT2D eigenvalue weighted by Gasteiger charge is 2.10. The Labute approximate surface area is 114 Å². The van der Waals surface area contributed by atoms with Crippen molar-refractivity contribution in [3.63, 3.8) is 0 Å². The van der Waals surface area contributed by atoms with Gasteiger partial charge in [0.05, 0.1) is 7.11 Å². The number of methoxy groups -OCH3 is 1. The van der Waals surface area contributed by atoms with Crippen LogP contribution in [0.25, 0.3) is 0 Å². The molecule has 1 rings (SSSR count). The van der Waals surface area contributed by atoms with E-state index >= 15 is 0 Å². The number of hydrogen-bond acceptors (Lipinski definition) is 6. The Balaban J connectivity index is 2.55. The zero-order chi connectivity index (χ0) is 14.1. The number of anilines is 2. The van der Waals surface area contributed by atoms with Gasteiger partial charge in [0.25, 0.3) is 0 Å². The van der Waals surface area contributed by atoms with Crippen LogP contribution in [0.15, 0.2) is 6.33 Å². The highest BCUT2D eigenvalue weighted by Crippen LogP contribution is 2.28. The fraction of sp³-hybridized carbons (Fsp3) is 0.692. The first-order valence-corrected chi connectivity index (χ1v) is 6.70. The van der Waals surface area contributed by atoms with Gasteiger partial charge in [0.15, 0.2) is 11.6 Å². The highest BCUT2D eigenvalue weighted by molar-refractivity contribution is 5.63. The van der Waals surface area contributed by atoms with E-state index in [1.165, 1.54) is 6.33 Å². The van der Waals surface area contributed by atoms with Gasteiger partial charge in [-0.15, -0.1) is 0 Å². The van der Waals surface area contributed by atoms with Crippen LogP contribution in [-0.2, 0) is 0 Å². The monoisotopic (exact) mass is 268 g/mol. The molecule has 6 nitrogen and oxygen atoms in total. The van der Waals surface area contributed by atoms with Crippen LogP contribution < -0.4 is 15.4 Å². The van der Waals surface area contributed by atoms with Gasteiger partial charge in [-0.2, -0.15) is 0 Å². The van der Waals surface area contributed by atoms with E-state index in [0.717, 1.165) is 25.9 Å². The minimum Gasteiger partial charge on any atom is -0.490 e. The molecule has 1 aromatic rings. The number of nitrogens with zero attached hydrogens (tertiary/aromatic N) is 2. The molecule has 108 valence electrons. The second-order valence-electron chi connectivity index (χ2n) is 4.49. The van der Waals surface area contributed by atoms with Crippen molar-refractivity contribution in [2.45, 2.75) is 26.7 Å². The van der Waals surface area contributed by atoms with E-state index in [1.807, 2.05) is 13.8 Å². The Bertz CT molecular complexity index is 374. The fourth-order valence-electron chi connectivity index (χ4n) is 1.73. The summed E-state index contributed by atoms with van der Waals surface area (Å²) in [6.45, 7) is 5.85. The lowest BCUT2D eigenvalue weighted by atomic mass is 10.1. The van der Waals surface area contributed by atoms with E-state index in [4.69, 9.17) is 9.84 Å². The van der Waals surface area contributed by atoms with Gasteiger partial charge in [-0.05, 0) is 25.7 Å². The van der Waals surface area contributed by atoms with Crippen LogP contribution in [0.1, 0.15) is 26.7 Å². The van der Waals surface area contributed by atoms with Crippen LogP contribution in [0, 0.1) is 5.92 Å². The van der Waals surface area contributed by atoms with Crippen molar-refractivity contribution in [1.82, 2.24) is 9.97 Å². The molecule has 0 aromatic carbocycles. The highest BCUT2D eigenvalue weighted by atomic mass is 16.5. The van der Waals surface area contributed by atoms with Crippen molar-refractivity contribution < 1.29 is 9.84 Å². The molecule has 0 spiro atoms. The van der Waals surface area contributed by atoms with Crippen LogP contribution in [-0.4, -0.2) is 41.9 Å².